The molecule has 1 spiro atoms. The molecule has 4 unspecified atom stereocenters. The molecule has 11 atom stereocenters. The van der Waals surface area contributed by atoms with Gasteiger partial charge in [-0.2, -0.15) is 0 Å². The van der Waals surface area contributed by atoms with Crippen LogP contribution >= 0.6 is 0 Å². The van der Waals surface area contributed by atoms with E-state index >= 15 is 0 Å². The average Bonchev–Trinajstić information content (AvgIpc) is 3.34. The Morgan fingerprint density at radius 3 is 2.51 bits per heavy atom. The van der Waals surface area contributed by atoms with E-state index in [1.165, 1.54) is 13.0 Å². The SMILES string of the molecule is CC1CC[C@@]2(O)[C@]3(O[C@@]4(O)C[C@]2(C)C2O[C@]3(O)[C@]4(C)[C@@](O)(C(C)C)C2OC(=O)c2ccc[nH]2)C1O. The van der Waals surface area contributed by atoms with Crippen molar-refractivity contribution >= 4 is 5.97 Å². The molecule has 10 heteroatoms. The molecular formula is C25H35NO9. The molecule has 35 heavy (non-hydrogen) atoms. The number of carbonyl (C=O) groups excluding carboxylic acids is 1. The molecule has 1 aromatic rings. The molecule has 0 aromatic carbocycles. The summed E-state index contributed by atoms with van der Waals surface area (Å²) in [5, 5.41) is 61.1. The summed E-state index contributed by atoms with van der Waals surface area (Å²) in [6.07, 6.45) is -2.00. The summed E-state index contributed by atoms with van der Waals surface area (Å²) in [4.78, 5) is 15.9. The number of rotatable bonds is 3. The quantitative estimate of drug-likeness (QED) is 0.328. The highest BCUT2D eigenvalue weighted by atomic mass is 16.8. The molecule has 10 nitrogen and oxygen atoms in total. The number of ether oxygens (including phenoxy) is 3. The van der Waals surface area contributed by atoms with Crippen molar-refractivity contribution < 1.29 is 44.5 Å². The van der Waals surface area contributed by atoms with Crippen molar-refractivity contribution in [2.24, 2.45) is 22.7 Å². The standard InChI is InChI=1S/C25H35NO9/c1-12(2)23(31)17(33-18(28)14-7-6-10-26-14)16-19(4)11-22(30)20(23,5)25(32,34-16)24(35-22)15(27)13(3)8-9-21(19,24)29/h6-7,10,12-13,15-17,26-27,29-32H,8-9,11H2,1-5H3/t13?,15?,16?,17?,19-,20+,21+,22+,23-,24-,25-/m1/s1. The van der Waals surface area contributed by atoms with E-state index in [2.05, 4.69) is 4.98 Å². The number of aromatic amines is 1. The lowest BCUT2D eigenvalue weighted by molar-refractivity contribution is -0.495. The number of esters is 1. The van der Waals surface area contributed by atoms with Gasteiger partial charge in [0, 0.05) is 18.0 Å². The van der Waals surface area contributed by atoms with Crippen LogP contribution in [0.3, 0.4) is 0 Å². The fourth-order valence-electron chi connectivity index (χ4n) is 8.74. The lowest BCUT2D eigenvalue weighted by Gasteiger charge is -2.73. The predicted octanol–water partition coefficient (Wildman–Crippen LogP) is 0.424. The van der Waals surface area contributed by atoms with Crippen LogP contribution in [0.5, 0.6) is 0 Å². The molecule has 0 amide bonds. The minimum Gasteiger partial charge on any atom is -0.452 e. The van der Waals surface area contributed by atoms with Crippen LogP contribution in [0.25, 0.3) is 0 Å². The first kappa shape index (κ1) is 23.8. The summed E-state index contributed by atoms with van der Waals surface area (Å²) >= 11 is 0. The number of hydrogen-bond donors (Lipinski definition) is 6. The minimum atomic E-state index is -2.49. The summed E-state index contributed by atoms with van der Waals surface area (Å²) in [7, 11) is 0. The molecule has 5 fully saturated rings. The van der Waals surface area contributed by atoms with E-state index in [1.807, 2.05) is 0 Å². The van der Waals surface area contributed by atoms with Crippen molar-refractivity contribution in [3.05, 3.63) is 24.0 Å². The zero-order valence-electron chi connectivity index (χ0n) is 20.6. The third kappa shape index (κ3) is 2.01. The summed E-state index contributed by atoms with van der Waals surface area (Å²) in [5.74, 6) is -6.49. The van der Waals surface area contributed by atoms with Gasteiger partial charge in [0.2, 0.25) is 5.79 Å². The van der Waals surface area contributed by atoms with Gasteiger partial charge in [0.15, 0.2) is 17.5 Å². The molecule has 4 aliphatic heterocycles. The molecule has 5 bridgehead atoms. The fourth-order valence-corrected chi connectivity index (χ4v) is 8.74. The Morgan fingerprint density at radius 2 is 1.91 bits per heavy atom. The van der Waals surface area contributed by atoms with Gasteiger partial charge >= 0.3 is 5.97 Å². The Labute approximate surface area is 203 Å². The van der Waals surface area contributed by atoms with E-state index < -0.39 is 69.4 Å². The molecule has 0 radical (unpaired) electrons. The molecule has 1 aliphatic carbocycles. The van der Waals surface area contributed by atoms with Crippen LogP contribution in [0.2, 0.25) is 0 Å². The van der Waals surface area contributed by atoms with Gasteiger partial charge < -0.3 is 44.7 Å². The zero-order chi connectivity index (χ0) is 25.6. The van der Waals surface area contributed by atoms with Crippen LogP contribution in [0.1, 0.15) is 64.4 Å². The second kappa shape index (κ2) is 6.30. The van der Waals surface area contributed by atoms with Crippen molar-refractivity contribution in [1.29, 1.82) is 0 Å². The molecule has 4 saturated heterocycles. The lowest BCUT2D eigenvalue weighted by Crippen LogP contribution is -2.91. The van der Waals surface area contributed by atoms with E-state index in [0.717, 1.165) is 0 Å². The Bertz CT molecular complexity index is 1090. The number of aliphatic hydroxyl groups excluding tert-OH is 1. The maximum Gasteiger partial charge on any atom is 0.355 e. The van der Waals surface area contributed by atoms with Gasteiger partial charge in [-0.3, -0.25) is 0 Å². The molecule has 194 valence electrons. The van der Waals surface area contributed by atoms with E-state index in [9.17, 15) is 30.3 Å². The number of nitrogens with one attached hydrogen (secondary N) is 1. The number of aromatic nitrogens is 1. The van der Waals surface area contributed by atoms with E-state index in [1.54, 1.807) is 40.0 Å². The van der Waals surface area contributed by atoms with Crippen molar-refractivity contribution in [2.75, 3.05) is 0 Å². The highest BCUT2D eigenvalue weighted by Crippen LogP contribution is 2.83. The van der Waals surface area contributed by atoms with Crippen LogP contribution in [0, 0.1) is 22.7 Å². The highest BCUT2D eigenvalue weighted by molar-refractivity contribution is 5.87. The zero-order valence-corrected chi connectivity index (χ0v) is 20.6. The summed E-state index contributed by atoms with van der Waals surface area (Å²) in [6, 6.07) is 3.17. The Balaban J connectivity index is 1.64. The number of carbonyl (C=O) groups is 1. The smallest absolute Gasteiger partial charge is 0.355 e. The van der Waals surface area contributed by atoms with E-state index in [0.29, 0.717) is 6.42 Å². The number of aliphatic hydroxyl groups is 5. The van der Waals surface area contributed by atoms with Crippen LogP contribution < -0.4 is 0 Å². The van der Waals surface area contributed by atoms with Crippen molar-refractivity contribution in [3.63, 3.8) is 0 Å². The molecule has 6 N–H and O–H groups in total. The van der Waals surface area contributed by atoms with E-state index in [-0.39, 0.29) is 24.5 Å². The minimum absolute atomic E-state index is 0.159. The van der Waals surface area contributed by atoms with Gasteiger partial charge in [-0.25, -0.2) is 4.79 Å². The van der Waals surface area contributed by atoms with Gasteiger partial charge in [-0.15, -0.1) is 0 Å². The van der Waals surface area contributed by atoms with Crippen molar-refractivity contribution in [1.82, 2.24) is 4.98 Å². The molecule has 1 aromatic heterocycles. The summed E-state index contributed by atoms with van der Waals surface area (Å²) < 4.78 is 18.5. The molecule has 5 heterocycles. The third-order valence-electron chi connectivity index (χ3n) is 10.7. The van der Waals surface area contributed by atoms with Crippen LogP contribution in [0.4, 0.5) is 0 Å². The maximum absolute atomic E-state index is 13.1. The molecule has 1 saturated carbocycles. The predicted molar refractivity (Wildman–Crippen MR) is 119 cm³/mol. The monoisotopic (exact) mass is 493 g/mol. The van der Waals surface area contributed by atoms with Crippen molar-refractivity contribution in [3.8, 4) is 0 Å². The lowest BCUT2D eigenvalue weighted by atomic mass is 9.44. The van der Waals surface area contributed by atoms with Crippen LogP contribution in [0.15, 0.2) is 18.3 Å². The van der Waals surface area contributed by atoms with Crippen LogP contribution in [-0.2, 0) is 14.2 Å². The normalized spacial score (nSPS) is 58.0. The Kier molecular flexibility index (Phi) is 4.29. The fraction of sp³-hybridized carbons (Fsp3) is 0.800. The third-order valence-corrected chi connectivity index (χ3v) is 10.7. The second-order valence-electron chi connectivity index (χ2n) is 12.2. The van der Waals surface area contributed by atoms with Gasteiger partial charge in [-0.05, 0) is 43.7 Å². The van der Waals surface area contributed by atoms with Gasteiger partial charge in [0.25, 0.3) is 0 Å². The molecule has 5 aliphatic rings. The number of H-pyrrole nitrogens is 1. The first-order valence-corrected chi connectivity index (χ1v) is 12.4. The number of fused-ring (bicyclic) bond motifs is 4. The van der Waals surface area contributed by atoms with Crippen LogP contribution in [-0.4, -0.2) is 83.2 Å². The molecular weight excluding hydrogens is 458 g/mol. The Hall–Kier alpha value is -1.53. The number of hydrogen-bond acceptors (Lipinski definition) is 9. The van der Waals surface area contributed by atoms with Gasteiger partial charge in [0.1, 0.15) is 28.4 Å². The van der Waals surface area contributed by atoms with Crippen molar-refractivity contribution in [2.45, 2.75) is 101 Å². The van der Waals surface area contributed by atoms with Gasteiger partial charge in [-0.1, -0.05) is 27.7 Å². The molecule has 6 rings (SSSR count). The largest absolute Gasteiger partial charge is 0.452 e. The summed E-state index contributed by atoms with van der Waals surface area (Å²) in [5.41, 5.74) is -9.24. The van der Waals surface area contributed by atoms with Gasteiger partial charge in [0.05, 0.1) is 6.10 Å². The first-order chi connectivity index (χ1) is 16.1. The maximum atomic E-state index is 13.1. The topological polar surface area (TPSA) is 162 Å². The first-order valence-electron chi connectivity index (χ1n) is 12.4. The van der Waals surface area contributed by atoms with E-state index in [4.69, 9.17) is 14.2 Å². The second-order valence-corrected chi connectivity index (χ2v) is 12.2. The highest BCUT2D eigenvalue weighted by Gasteiger charge is 3.01. The Morgan fingerprint density at radius 1 is 1.23 bits per heavy atom. The summed E-state index contributed by atoms with van der Waals surface area (Å²) in [6.45, 7) is 8.31. The average molecular weight is 494 g/mol.